The van der Waals surface area contributed by atoms with Crippen LogP contribution in [0.4, 0.5) is 0 Å². The third-order valence-corrected chi connectivity index (χ3v) is 5.93. The molecule has 124 valence electrons. The molecule has 0 aliphatic carbocycles. The number of nitrogens with zero attached hydrogens (tertiary/aromatic N) is 3. The molecule has 21 heavy (non-hydrogen) atoms. The Morgan fingerprint density at radius 2 is 2.05 bits per heavy atom. The summed E-state index contributed by atoms with van der Waals surface area (Å²) >= 11 is 0. The van der Waals surface area contributed by atoms with E-state index < -0.39 is 10.0 Å². The first-order chi connectivity index (χ1) is 9.94. The molecule has 0 bridgehead atoms. The van der Waals surface area contributed by atoms with Crippen LogP contribution in [0.1, 0.15) is 33.6 Å². The second-order valence-corrected chi connectivity index (χ2v) is 7.66. The number of hydrogen-bond acceptors (Lipinski definition) is 3. The minimum atomic E-state index is -3.17. The van der Waals surface area contributed by atoms with Crippen LogP contribution in [0.15, 0.2) is 4.99 Å². The number of nitrogens with one attached hydrogen (secondary N) is 1. The average molecular weight is 318 g/mol. The van der Waals surface area contributed by atoms with Gasteiger partial charge >= 0.3 is 0 Å². The van der Waals surface area contributed by atoms with Crippen LogP contribution in [0.3, 0.4) is 0 Å². The Bertz CT molecular complexity index is 432. The van der Waals surface area contributed by atoms with Crippen LogP contribution in [0.5, 0.6) is 0 Å². The van der Waals surface area contributed by atoms with Gasteiger partial charge in [0.05, 0.1) is 5.75 Å². The second kappa shape index (κ2) is 8.58. The van der Waals surface area contributed by atoms with Gasteiger partial charge in [0, 0.05) is 39.8 Å². The first-order valence-corrected chi connectivity index (χ1v) is 9.48. The molecule has 0 saturated carbocycles. The lowest BCUT2D eigenvalue weighted by Crippen LogP contribution is -2.47. The molecule has 1 heterocycles. The average Bonchev–Trinajstić information content (AvgIpc) is 2.44. The van der Waals surface area contributed by atoms with Gasteiger partial charge < -0.3 is 10.2 Å². The second-order valence-electron chi connectivity index (χ2n) is 5.57. The molecule has 1 atom stereocenters. The van der Waals surface area contributed by atoms with Crippen molar-refractivity contribution < 1.29 is 8.42 Å². The van der Waals surface area contributed by atoms with Crippen LogP contribution in [0.25, 0.3) is 0 Å². The van der Waals surface area contributed by atoms with Crippen molar-refractivity contribution in [2.45, 2.75) is 33.6 Å². The van der Waals surface area contributed by atoms with E-state index in [1.54, 1.807) is 7.05 Å². The van der Waals surface area contributed by atoms with Crippen LogP contribution >= 0.6 is 0 Å². The highest BCUT2D eigenvalue weighted by molar-refractivity contribution is 7.89. The quantitative estimate of drug-likeness (QED) is 0.585. The monoisotopic (exact) mass is 318 g/mol. The van der Waals surface area contributed by atoms with Crippen LogP contribution < -0.4 is 5.32 Å². The van der Waals surface area contributed by atoms with E-state index >= 15 is 0 Å². The summed E-state index contributed by atoms with van der Waals surface area (Å²) in [6, 6.07) is 0. The van der Waals surface area contributed by atoms with Gasteiger partial charge in [-0.25, -0.2) is 12.7 Å². The first kappa shape index (κ1) is 18.2. The molecule has 0 aromatic carbocycles. The minimum Gasteiger partial charge on any atom is -0.355 e. The van der Waals surface area contributed by atoms with E-state index in [9.17, 15) is 8.42 Å². The Morgan fingerprint density at radius 3 is 2.57 bits per heavy atom. The van der Waals surface area contributed by atoms with Crippen molar-refractivity contribution >= 4 is 16.0 Å². The SMILES string of the molecule is CCN(CC)S(=O)(=O)CCNC(=NC)N1CCCC(C)C1. The zero-order chi connectivity index (χ0) is 15.9. The smallest absolute Gasteiger partial charge is 0.215 e. The Hall–Kier alpha value is -0.820. The van der Waals surface area contributed by atoms with Crippen molar-refractivity contribution in [3.8, 4) is 0 Å². The van der Waals surface area contributed by atoms with Gasteiger partial charge in [0.15, 0.2) is 5.96 Å². The number of piperidine rings is 1. The lowest BCUT2D eigenvalue weighted by atomic mass is 10.0. The van der Waals surface area contributed by atoms with E-state index in [1.807, 2.05) is 13.8 Å². The molecule has 0 amide bonds. The maximum atomic E-state index is 12.1. The molecule has 0 spiro atoms. The number of sulfonamides is 1. The molecule has 0 aromatic rings. The molecule has 1 unspecified atom stereocenters. The molecule has 1 N–H and O–H groups in total. The van der Waals surface area contributed by atoms with Crippen molar-refractivity contribution in [2.24, 2.45) is 10.9 Å². The van der Waals surface area contributed by atoms with E-state index in [2.05, 4.69) is 22.1 Å². The fourth-order valence-corrected chi connectivity index (χ4v) is 4.16. The summed E-state index contributed by atoms with van der Waals surface area (Å²) in [5, 5.41) is 3.19. The van der Waals surface area contributed by atoms with Crippen LogP contribution in [0, 0.1) is 5.92 Å². The van der Waals surface area contributed by atoms with Crippen molar-refractivity contribution in [2.75, 3.05) is 45.5 Å². The van der Waals surface area contributed by atoms with Gasteiger partial charge in [0.2, 0.25) is 10.0 Å². The number of aliphatic imine (C=N–C) groups is 1. The van der Waals surface area contributed by atoms with E-state index in [-0.39, 0.29) is 5.75 Å². The van der Waals surface area contributed by atoms with Gasteiger partial charge in [-0.3, -0.25) is 4.99 Å². The molecule has 0 radical (unpaired) electrons. The summed E-state index contributed by atoms with van der Waals surface area (Å²) in [5.41, 5.74) is 0. The molecule has 7 heteroatoms. The summed E-state index contributed by atoms with van der Waals surface area (Å²) in [6.07, 6.45) is 2.42. The summed E-state index contributed by atoms with van der Waals surface area (Å²) in [7, 11) is -1.42. The number of hydrogen-bond donors (Lipinski definition) is 1. The van der Waals surface area contributed by atoms with Gasteiger partial charge in [0.25, 0.3) is 0 Å². The molecular formula is C14H30N4O2S. The summed E-state index contributed by atoms with van der Waals surface area (Å²) in [4.78, 5) is 6.49. The highest BCUT2D eigenvalue weighted by Crippen LogP contribution is 2.15. The Labute approximate surface area is 129 Å². The third kappa shape index (κ3) is 5.47. The first-order valence-electron chi connectivity index (χ1n) is 7.88. The molecule has 0 aromatic heterocycles. The van der Waals surface area contributed by atoms with Crippen molar-refractivity contribution in [3.63, 3.8) is 0 Å². The molecule has 1 aliphatic rings. The number of rotatable bonds is 6. The van der Waals surface area contributed by atoms with E-state index in [1.165, 1.54) is 17.1 Å². The standard InChI is InChI=1S/C14H30N4O2S/c1-5-18(6-2)21(19,20)11-9-16-14(15-4)17-10-7-8-13(3)12-17/h13H,5-12H2,1-4H3,(H,15,16). The number of likely N-dealkylation sites (tertiary alicyclic amines) is 1. The normalized spacial score (nSPS) is 20.9. The molecule has 1 saturated heterocycles. The number of guanidine groups is 1. The lowest BCUT2D eigenvalue weighted by molar-refractivity contribution is 0.266. The van der Waals surface area contributed by atoms with Gasteiger partial charge in [0.1, 0.15) is 0 Å². The fraction of sp³-hybridized carbons (Fsp3) is 0.929. The van der Waals surface area contributed by atoms with E-state index in [4.69, 9.17) is 0 Å². The molecule has 1 fully saturated rings. The third-order valence-electron chi connectivity index (χ3n) is 3.91. The maximum absolute atomic E-state index is 12.1. The fourth-order valence-electron chi connectivity index (χ4n) is 2.75. The van der Waals surface area contributed by atoms with Gasteiger partial charge in [-0.2, -0.15) is 0 Å². The van der Waals surface area contributed by atoms with E-state index in [0.717, 1.165) is 19.0 Å². The van der Waals surface area contributed by atoms with Crippen molar-refractivity contribution in [3.05, 3.63) is 0 Å². The van der Waals surface area contributed by atoms with E-state index in [0.29, 0.717) is 25.6 Å². The molecule has 1 aliphatic heterocycles. The molecule has 1 rings (SSSR count). The summed E-state index contributed by atoms with van der Waals surface area (Å²) in [6.45, 7) is 9.40. The predicted octanol–water partition coefficient (Wildman–Crippen LogP) is 0.965. The minimum absolute atomic E-state index is 0.108. The zero-order valence-electron chi connectivity index (χ0n) is 13.8. The van der Waals surface area contributed by atoms with Gasteiger partial charge in [-0.1, -0.05) is 20.8 Å². The zero-order valence-corrected chi connectivity index (χ0v) is 14.6. The Kier molecular flexibility index (Phi) is 7.45. The Balaban J connectivity index is 2.49. The molecular weight excluding hydrogens is 288 g/mol. The molecule has 6 nitrogen and oxygen atoms in total. The van der Waals surface area contributed by atoms with Gasteiger partial charge in [-0.05, 0) is 18.8 Å². The maximum Gasteiger partial charge on any atom is 0.215 e. The van der Waals surface area contributed by atoms with Crippen molar-refractivity contribution in [1.29, 1.82) is 0 Å². The topological polar surface area (TPSA) is 65.0 Å². The predicted molar refractivity (Wildman–Crippen MR) is 88.0 cm³/mol. The van der Waals surface area contributed by atoms with Crippen LogP contribution in [-0.2, 0) is 10.0 Å². The summed E-state index contributed by atoms with van der Waals surface area (Å²) in [5.74, 6) is 1.59. The largest absolute Gasteiger partial charge is 0.355 e. The highest BCUT2D eigenvalue weighted by Gasteiger charge is 2.21. The Morgan fingerprint density at radius 1 is 1.38 bits per heavy atom. The van der Waals surface area contributed by atoms with Gasteiger partial charge in [-0.15, -0.1) is 0 Å². The van der Waals surface area contributed by atoms with Crippen LogP contribution in [0.2, 0.25) is 0 Å². The van der Waals surface area contributed by atoms with Crippen LogP contribution in [-0.4, -0.2) is 69.1 Å². The summed E-state index contributed by atoms with van der Waals surface area (Å²) < 4.78 is 25.7. The highest BCUT2D eigenvalue weighted by atomic mass is 32.2. The van der Waals surface area contributed by atoms with Crippen molar-refractivity contribution in [1.82, 2.24) is 14.5 Å². The lowest BCUT2D eigenvalue weighted by Gasteiger charge is -2.33.